The molecule has 3 heterocycles. The van der Waals surface area contributed by atoms with Crippen molar-refractivity contribution >= 4 is 17.6 Å². The first-order valence-electron chi connectivity index (χ1n) is 7.05. The fourth-order valence-electron chi connectivity index (χ4n) is 2.82. The van der Waals surface area contributed by atoms with Crippen molar-refractivity contribution in [3.63, 3.8) is 0 Å². The van der Waals surface area contributed by atoms with Crippen molar-refractivity contribution in [2.75, 3.05) is 11.4 Å². The molecule has 1 aliphatic heterocycles. The first-order chi connectivity index (χ1) is 10.9. The van der Waals surface area contributed by atoms with Crippen LogP contribution in [-0.2, 0) is 9.59 Å². The zero-order chi connectivity index (χ0) is 16.7. The van der Waals surface area contributed by atoms with Crippen LogP contribution in [0.25, 0.3) is 11.1 Å². The Labute approximate surface area is 131 Å². The van der Waals surface area contributed by atoms with Crippen LogP contribution in [0.1, 0.15) is 24.2 Å². The highest BCUT2D eigenvalue weighted by molar-refractivity contribution is 6.06. The van der Waals surface area contributed by atoms with Crippen LogP contribution >= 0.6 is 0 Å². The van der Waals surface area contributed by atoms with Crippen molar-refractivity contribution in [1.82, 2.24) is 9.97 Å². The average Bonchev–Trinajstić information content (AvgIpc) is 2.57. The number of aryl methyl sites for hydroxylation is 1. The molecule has 1 N–H and O–H groups in total. The molecular weight excluding hydrogens is 301 g/mol. The molecule has 1 atom stereocenters. The summed E-state index contributed by atoms with van der Waals surface area (Å²) in [5, 5.41) is 9.12. The molecule has 23 heavy (non-hydrogen) atoms. The molecule has 0 unspecified atom stereocenters. The predicted molar refractivity (Wildman–Crippen MR) is 80.6 cm³/mol. The summed E-state index contributed by atoms with van der Waals surface area (Å²) in [6, 6.07) is 4.83. The van der Waals surface area contributed by atoms with E-state index in [0.717, 1.165) is 4.90 Å². The monoisotopic (exact) mass is 315 g/mol. The van der Waals surface area contributed by atoms with Gasteiger partial charge in [-0.2, -0.15) is 4.39 Å². The number of hydrogen-bond donors (Lipinski definition) is 1. The number of carboxylic acid groups (broad SMARTS) is 1. The van der Waals surface area contributed by atoms with Gasteiger partial charge in [0.1, 0.15) is 6.54 Å². The quantitative estimate of drug-likeness (QED) is 0.858. The van der Waals surface area contributed by atoms with Crippen LogP contribution in [0.2, 0.25) is 0 Å². The number of anilines is 1. The molecule has 3 rings (SSSR count). The normalized spacial score (nSPS) is 16.6. The number of carbonyl (C=O) groups is 2. The molecule has 0 saturated heterocycles. The van der Waals surface area contributed by atoms with Crippen molar-refractivity contribution < 1.29 is 19.1 Å². The van der Waals surface area contributed by atoms with Gasteiger partial charge in [-0.3, -0.25) is 19.5 Å². The highest BCUT2D eigenvalue weighted by atomic mass is 19.1. The number of rotatable bonds is 2. The minimum Gasteiger partial charge on any atom is -0.480 e. The number of hydrogen-bond acceptors (Lipinski definition) is 4. The van der Waals surface area contributed by atoms with Gasteiger partial charge < -0.3 is 5.11 Å². The van der Waals surface area contributed by atoms with Crippen LogP contribution in [0.4, 0.5) is 10.1 Å². The van der Waals surface area contributed by atoms with E-state index in [4.69, 9.17) is 5.11 Å². The van der Waals surface area contributed by atoms with E-state index in [9.17, 15) is 14.0 Å². The van der Waals surface area contributed by atoms with Crippen molar-refractivity contribution in [1.29, 1.82) is 0 Å². The molecule has 1 amide bonds. The Morgan fingerprint density at radius 2 is 2.22 bits per heavy atom. The topological polar surface area (TPSA) is 83.4 Å². The molecule has 0 fully saturated rings. The number of carbonyl (C=O) groups excluding carboxylic acids is 1. The molecule has 7 heteroatoms. The van der Waals surface area contributed by atoms with Gasteiger partial charge in [-0.1, -0.05) is 6.07 Å². The van der Waals surface area contributed by atoms with Crippen molar-refractivity contribution in [3.05, 3.63) is 41.7 Å². The summed E-state index contributed by atoms with van der Waals surface area (Å²) < 4.78 is 14.5. The van der Waals surface area contributed by atoms with Gasteiger partial charge in [-0.15, -0.1) is 0 Å². The van der Waals surface area contributed by atoms with Gasteiger partial charge in [0, 0.05) is 17.5 Å². The Morgan fingerprint density at radius 1 is 1.48 bits per heavy atom. The molecule has 0 aromatic carbocycles. The predicted octanol–water partition coefficient (Wildman–Crippen LogP) is 2.13. The van der Waals surface area contributed by atoms with Gasteiger partial charge >= 0.3 is 5.97 Å². The Kier molecular flexibility index (Phi) is 3.55. The molecule has 6 nitrogen and oxygen atoms in total. The Hall–Kier alpha value is -2.83. The zero-order valence-electron chi connectivity index (χ0n) is 12.6. The summed E-state index contributed by atoms with van der Waals surface area (Å²) in [7, 11) is 0. The molecule has 0 saturated carbocycles. The second kappa shape index (κ2) is 5.42. The maximum atomic E-state index is 14.5. The van der Waals surface area contributed by atoms with Gasteiger partial charge in [0.25, 0.3) is 0 Å². The summed E-state index contributed by atoms with van der Waals surface area (Å²) in [5.41, 5.74) is 1.56. The lowest BCUT2D eigenvalue weighted by Gasteiger charge is -2.23. The molecule has 0 aliphatic carbocycles. The number of amides is 1. The largest absolute Gasteiger partial charge is 0.480 e. The number of carboxylic acids is 1. The number of aromatic nitrogens is 2. The van der Waals surface area contributed by atoms with Crippen LogP contribution in [-0.4, -0.2) is 33.5 Å². The van der Waals surface area contributed by atoms with Gasteiger partial charge in [0.15, 0.2) is 0 Å². The molecule has 1 aliphatic rings. The maximum absolute atomic E-state index is 14.5. The van der Waals surface area contributed by atoms with E-state index in [1.54, 1.807) is 26.0 Å². The standard InChI is InChI=1S/C16H14FN3O3/c1-8-6-11-13(15(17)19-8)10-4-3-5-18-14(10)9(2)16(23)20(11)7-12(21)22/h3-6,9H,7H2,1-2H3,(H,21,22)/t9-/m1/s1. The second-order valence-corrected chi connectivity index (χ2v) is 5.42. The molecular formula is C16H14FN3O3. The van der Waals surface area contributed by atoms with E-state index in [2.05, 4.69) is 9.97 Å². The van der Waals surface area contributed by atoms with E-state index in [0.29, 0.717) is 17.0 Å². The Bertz CT molecular complexity index is 822. The van der Waals surface area contributed by atoms with Crippen LogP contribution in [0.3, 0.4) is 0 Å². The molecule has 118 valence electrons. The summed E-state index contributed by atoms with van der Waals surface area (Å²) >= 11 is 0. The second-order valence-electron chi connectivity index (χ2n) is 5.42. The zero-order valence-corrected chi connectivity index (χ0v) is 12.6. The van der Waals surface area contributed by atoms with E-state index >= 15 is 0 Å². The highest BCUT2D eigenvalue weighted by Gasteiger charge is 2.35. The van der Waals surface area contributed by atoms with Crippen molar-refractivity contribution in [2.45, 2.75) is 19.8 Å². The van der Waals surface area contributed by atoms with Crippen molar-refractivity contribution in [3.8, 4) is 11.1 Å². The van der Waals surface area contributed by atoms with E-state index < -0.39 is 30.3 Å². The minimum atomic E-state index is -1.18. The lowest BCUT2D eigenvalue weighted by molar-refractivity contribution is -0.136. The molecule has 0 spiro atoms. The Balaban J connectivity index is 2.36. The van der Waals surface area contributed by atoms with Gasteiger partial charge in [-0.25, -0.2) is 4.98 Å². The third kappa shape index (κ3) is 2.44. The maximum Gasteiger partial charge on any atom is 0.323 e. The minimum absolute atomic E-state index is 0.109. The third-order valence-corrected chi connectivity index (χ3v) is 3.82. The van der Waals surface area contributed by atoms with Crippen LogP contribution in [0, 0.1) is 12.9 Å². The average molecular weight is 315 g/mol. The number of nitrogens with zero attached hydrogens (tertiary/aromatic N) is 3. The summed E-state index contributed by atoms with van der Waals surface area (Å²) in [4.78, 5) is 33.0. The number of pyridine rings is 2. The fraction of sp³-hybridized carbons (Fsp3) is 0.250. The summed E-state index contributed by atoms with van der Waals surface area (Å²) in [5.74, 6) is -3.04. The van der Waals surface area contributed by atoms with Crippen LogP contribution in [0.5, 0.6) is 0 Å². The van der Waals surface area contributed by atoms with E-state index in [-0.39, 0.29) is 11.3 Å². The van der Waals surface area contributed by atoms with Gasteiger partial charge in [-0.05, 0) is 26.0 Å². The smallest absolute Gasteiger partial charge is 0.323 e. The van der Waals surface area contributed by atoms with E-state index in [1.807, 2.05) is 0 Å². The summed E-state index contributed by atoms with van der Waals surface area (Å²) in [6.07, 6.45) is 1.52. The SMILES string of the molecule is Cc1cc2c(c(F)n1)-c1cccnc1[C@@H](C)C(=O)N2CC(=O)O. The first kappa shape index (κ1) is 15.1. The molecule has 0 bridgehead atoms. The first-order valence-corrected chi connectivity index (χ1v) is 7.05. The lowest BCUT2D eigenvalue weighted by atomic mass is 9.98. The fourth-order valence-corrected chi connectivity index (χ4v) is 2.82. The number of fused-ring (bicyclic) bond motifs is 3. The molecule has 2 aromatic rings. The molecule has 0 radical (unpaired) electrons. The highest BCUT2D eigenvalue weighted by Crippen LogP contribution is 2.41. The van der Waals surface area contributed by atoms with Crippen molar-refractivity contribution in [2.24, 2.45) is 0 Å². The van der Waals surface area contributed by atoms with Gasteiger partial charge in [0.05, 0.1) is 22.9 Å². The number of halogens is 1. The Morgan fingerprint density at radius 3 is 2.91 bits per heavy atom. The molecule has 2 aromatic heterocycles. The van der Waals surface area contributed by atoms with Crippen LogP contribution < -0.4 is 4.90 Å². The third-order valence-electron chi connectivity index (χ3n) is 3.82. The lowest BCUT2D eigenvalue weighted by Crippen LogP contribution is -2.38. The summed E-state index contributed by atoms with van der Waals surface area (Å²) in [6.45, 7) is 2.67. The van der Waals surface area contributed by atoms with Crippen LogP contribution in [0.15, 0.2) is 24.4 Å². The van der Waals surface area contributed by atoms with E-state index in [1.165, 1.54) is 12.3 Å². The van der Waals surface area contributed by atoms with Gasteiger partial charge in [0.2, 0.25) is 11.9 Å². The number of aliphatic carboxylic acids is 1.